The molecule has 0 bridgehead atoms. The van der Waals surface area contributed by atoms with Crippen molar-refractivity contribution in [2.45, 2.75) is 77.7 Å². The second kappa shape index (κ2) is 3.82. The molecule has 0 heterocycles. The molecule has 2 heteroatoms. The van der Waals surface area contributed by atoms with Gasteiger partial charge >= 0.3 is 0 Å². The lowest BCUT2D eigenvalue weighted by atomic mass is 9.86. The van der Waals surface area contributed by atoms with Crippen molar-refractivity contribution in [2.24, 2.45) is 0 Å². The van der Waals surface area contributed by atoms with E-state index < -0.39 is 0 Å². The molecule has 1 fully saturated rings. The minimum Gasteiger partial charge on any atom is -0.373 e. The molecular weight excluding hydrogens is 174 g/mol. The van der Waals surface area contributed by atoms with Crippen molar-refractivity contribution < 1.29 is 4.74 Å². The second-order valence-electron chi connectivity index (χ2n) is 6.41. The van der Waals surface area contributed by atoms with Gasteiger partial charge in [-0.25, -0.2) is 0 Å². The maximum atomic E-state index is 5.88. The third kappa shape index (κ3) is 4.43. The molecule has 0 atom stereocenters. The van der Waals surface area contributed by atoms with Crippen molar-refractivity contribution in [2.75, 3.05) is 0 Å². The van der Waals surface area contributed by atoms with Crippen LogP contribution < -0.4 is 5.32 Å². The van der Waals surface area contributed by atoms with E-state index in [2.05, 4.69) is 46.9 Å². The minimum atomic E-state index is 0.0113. The van der Waals surface area contributed by atoms with Gasteiger partial charge in [0.1, 0.15) is 0 Å². The molecule has 1 saturated carbocycles. The quantitative estimate of drug-likeness (QED) is 0.738. The Hall–Kier alpha value is -0.0800. The molecule has 0 radical (unpaired) electrons. The lowest BCUT2D eigenvalue weighted by molar-refractivity contribution is -0.104. The summed E-state index contributed by atoms with van der Waals surface area (Å²) in [6.45, 7) is 13.0. The summed E-state index contributed by atoms with van der Waals surface area (Å²) in [5.41, 5.74) is 0.245. The zero-order valence-electron chi connectivity index (χ0n) is 10.5. The first-order chi connectivity index (χ1) is 6.16. The van der Waals surface area contributed by atoms with Crippen LogP contribution in [0.25, 0.3) is 0 Å². The summed E-state index contributed by atoms with van der Waals surface area (Å²) >= 11 is 0. The summed E-state index contributed by atoms with van der Waals surface area (Å²) in [7, 11) is 0. The zero-order chi connectivity index (χ0) is 11.0. The first-order valence-electron chi connectivity index (χ1n) is 5.61. The van der Waals surface area contributed by atoms with Crippen LogP contribution in [0.15, 0.2) is 0 Å². The van der Waals surface area contributed by atoms with Gasteiger partial charge in [-0.1, -0.05) is 0 Å². The second-order valence-corrected chi connectivity index (χ2v) is 6.41. The summed E-state index contributed by atoms with van der Waals surface area (Å²) in [5, 5.41) is 3.59. The smallest absolute Gasteiger partial charge is 0.0612 e. The Morgan fingerprint density at radius 1 is 1.00 bits per heavy atom. The molecule has 0 aromatic carbocycles. The van der Waals surface area contributed by atoms with Gasteiger partial charge in [0.25, 0.3) is 0 Å². The van der Waals surface area contributed by atoms with Gasteiger partial charge in [0.15, 0.2) is 0 Å². The summed E-state index contributed by atoms with van der Waals surface area (Å²) in [4.78, 5) is 0. The molecule has 0 saturated heterocycles. The van der Waals surface area contributed by atoms with E-state index in [1.54, 1.807) is 0 Å². The molecule has 1 rings (SSSR count). The highest BCUT2D eigenvalue weighted by Gasteiger charge is 2.34. The van der Waals surface area contributed by atoms with Crippen LogP contribution in [0.2, 0.25) is 0 Å². The fourth-order valence-corrected chi connectivity index (χ4v) is 1.89. The average Bonchev–Trinajstić information content (AvgIpc) is 1.75. The van der Waals surface area contributed by atoms with Crippen LogP contribution in [0.1, 0.15) is 54.4 Å². The maximum absolute atomic E-state index is 5.88. The van der Waals surface area contributed by atoms with Gasteiger partial charge < -0.3 is 10.1 Å². The van der Waals surface area contributed by atoms with E-state index in [0.717, 1.165) is 12.8 Å². The highest BCUT2D eigenvalue weighted by molar-refractivity contribution is 4.91. The first kappa shape index (κ1) is 12.0. The SMILES string of the molecule is CC(C)(C)N[C@H]1C[C@@H](OC(C)(C)C)C1. The van der Waals surface area contributed by atoms with E-state index in [0.29, 0.717) is 12.1 Å². The Labute approximate surface area is 88.4 Å². The number of hydrogen-bond acceptors (Lipinski definition) is 2. The number of rotatable bonds is 2. The molecule has 1 N–H and O–H groups in total. The number of nitrogens with one attached hydrogen (secondary N) is 1. The topological polar surface area (TPSA) is 21.3 Å². The van der Waals surface area contributed by atoms with Crippen LogP contribution >= 0.6 is 0 Å². The van der Waals surface area contributed by atoms with E-state index in [4.69, 9.17) is 4.74 Å². The molecule has 2 nitrogen and oxygen atoms in total. The van der Waals surface area contributed by atoms with Gasteiger partial charge in [0.05, 0.1) is 11.7 Å². The van der Waals surface area contributed by atoms with E-state index in [9.17, 15) is 0 Å². The lowest BCUT2D eigenvalue weighted by Crippen LogP contribution is -2.53. The molecular formula is C12H25NO. The lowest BCUT2D eigenvalue weighted by Gasteiger charge is -2.42. The molecule has 84 valence electrons. The van der Waals surface area contributed by atoms with Crippen LogP contribution in [-0.4, -0.2) is 23.3 Å². The predicted octanol–water partition coefficient (Wildman–Crippen LogP) is 2.72. The van der Waals surface area contributed by atoms with Crippen molar-refractivity contribution in [1.82, 2.24) is 5.32 Å². The first-order valence-corrected chi connectivity index (χ1v) is 5.61. The van der Waals surface area contributed by atoms with Crippen molar-refractivity contribution >= 4 is 0 Å². The fraction of sp³-hybridized carbons (Fsp3) is 1.00. The van der Waals surface area contributed by atoms with Crippen molar-refractivity contribution in [3.8, 4) is 0 Å². The Morgan fingerprint density at radius 2 is 1.50 bits per heavy atom. The zero-order valence-corrected chi connectivity index (χ0v) is 10.5. The summed E-state index contributed by atoms with van der Waals surface area (Å²) in [6, 6.07) is 0.655. The molecule has 1 aliphatic rings. The van der Waals surface area contributed by atoms with Crippen molar-refractivity contribution in [3.05, 3.63) is 0 Å². The van der Waals surface area contributed by atoms with Crippen molar-refractivity contribution in [1.29, 1.82) is 0 Å². The van der Waals surface area contributed by atoms with Gasteiger partial charge in [-0.15, -0.1) is 0 Å². The Bertz CT molecular complexity index is 161. The Kier molecular flexibility index (Phi) is 3.27. The maximum Gasteiger partial charge on any atom is 0.0612 e. The van der Waals surface area contributed by atoms with Crippen LogP contribution in [0.5, 0.6) is 0 Å². The third-order valence-corrected chi connectivity index (χ3v) is 2.25. The molecule has 0 amide bonds. The van der Waals surface area contributed by atoms with Gasteiger partial charge in [0.2, 0.25) is 0 Å². The predicted molar refractivity (Wildman–Crippen MR) is 60.5 cm³/mol. The highest BCUT2D eigenvalue weighted by atomic mass is 16.5. The monoisotopic (exact) mass is 199 g/mol. The van der Waals surface area contributed by atoms with Crippen LogP contribution in [0, 0.1) is 0 Å². The van der Waals surface area contributed by atoms with E-state index in [1.165, 1.54) is 0 Å². The molecule has 0 unspecified atom stereocenters. The largest absolute Gasteiger partial charge is 0.373 e. The number of ether oxygens (including phenoxy) is 1. The molecule has 0 aliphatic heterocycles. The van der Waals surface area contributed by atoms with Crippen LogP contribution in [0.4, 0.5) is 0 Å². The summed E-state index contributed by atoms with van der Waals surface area (Å²) in [5.74, 6) is 0. The Balaban J connectivity index is 2.18. The molecule has 14 heavy (non-hydrogen) atoms. The molecule has 0 spiro atoms. The summed E-state index contributed by atoms with van der Waals surface area (Å²) in [6.07, 6.45) is 2.79. The highest BCUT2D eigenvalue weighted by Crippen LogP contribution is 2.28. The Morgan fingerprint density at radius 3 is 1.86 bits per heavy atom. The van der Waals surface area contributed by atoms with Crippen LogP contribution in [-0.2, 0) is 4.74 Å². The van der Waals surface area contributed by atoms with E-state index in [1.807, 2.05) is 0 Å². The van der Waals surface area contributed by atoms with Crippen molar-refractivity contribution in [3.63, 3.8) is 0 Å². The fourth-order valence-electron chi connectivity index (χ4n) is 1.89. The van der Waals surface area contributed by atoms with Gasteiger partial charge in [-0.3, -0.25) is 0 Å². The molecule has 0 aromatic rings. The van der Waals surface area contributed by atoms with E-state index in [-0.39, 0.29) is 11.1 Å². The number of hydrogen-bond donors (Lipinski definition) is 1. The standard InChI is InChI=1S/C12H25NO/c1-11(2,3)13-9-7-10(8-9)14-12(4,5)6/h9-10,13H,7-8H2,1-6H3/t9-,10+. The normalized spacial score (nSPS) is 28.7. The van der Waals surface area contributed by atoms with Gasteiger partial charge in [0, 0.05) is 11.6 Å². The molecule has 1 aliphatic carbocycles. The third-order valence-electron chi connectivity index (χ3n) is 2.25. The van der Waals surface area contributed by atoms with Gasteiger partial charge in [-0.05, 0) is 54.4 Å². The summed E-state index contributed by atoms with van der Waals surface area (Å²) < 4.78 is 5.88. The van der Waals surface area contributed by atoms with Gasteiger partial charge in [-0.2, -0.15) is 0 Å². The average molecular weight is 199 g/mol. The van der Waals surface area contributed by atoms with Crippen LogP contribution in [0.3, 0.4) is 0 Å². The molecule has 0 aromatic heterocycles. The van der Waals surface area contributed by atoms with E-state index >= 15 is 0 Å². The minimum absolute atomic E-state index is 0.0113.